The number of aliphatic hydroxyl groups excluding tert-OH is 1. The standard InChI is InChI=1S/C35H49N3O5/c1-7-34-18-14-21-36(25-16-10-8-11-17-25)29(40)26(34)27-30(41)37(20-12-9-13-23-39)28-31(42)38(22-15-19-35(27,28)43-34)33(5,6)24-32(2,3)4/h8,10-11,14-19,26-28,39H,7,9,12-13,20-24H2,1-6H3/t26-,27+,28?,34+,35+/m1/s1. The molecule has 2 fully saturated rings. The van der Waals surface area contributed by atoms with E-state index < -0.39 is 34.6 Å². The van der Waals surface area contributed by atoms with Gasteiger partial charge in [-0.2, -0.15) is 0 Å². The van der Waals surface area contributed by atoms with Crippen LogP contribution >= 0.6 is 0 Å². The van der Waals surface area contributed by atoms with E-state index in [2.05, 4.69) is 34.6 Å². The molecule has 4 aliphatic heterocycles. The van der Waals surface area contributed by atoms with Crippen LogP contribution in [-0.2, 0) is 19.1 Å². The third-order valence-electron chi connectivity index (χ3n) is 9.76. The third kappa shape index (κ3) is 5.35. The fraction of sp³-hybridized carbons (Fsp3) is 0.629. The number of fused-ring (bicyclic) bond motifs is 2. The minimum atomic E-state index is -1.27. The number of ether oxygens (including phenoxy) is 1. The molecular formula is C35H49N3O5. The molecule has 1 N–H and O–H groups in total. The lowest BCUT2D eigenvalue weighted by Gasteiger charge is -2.45. The summed E-state index contributed by atoms with van der Waals surface area (Å²) in [6.07, 6.45) is 11.2. The highest BCUT2D eigenvalue weighted by atomic mass is 16.5. The number of nitrogens with zero attached hydrogens (tertiary/aromatic N) is 3. The second-order valence-corrected chi connectivity index (χ2v) is 14.5. The van der Waals surface area contributed by atoms with Crippen LogP contribution in [0.2, 0.25) is 0 Å². The molecule has 4 aliphatic rings. The van der Waals surface area contributed by atoms with E-state index in [0.717, 1.165) is 18.5 Å². The van der Waals surface area contributed by atoms with E-state index in [1.165, 1.54) is 0 Å². The minimum absolute atomic E-state index is 0.0169. The Morgan fingerprint density at radius 3 is 2.23 bits per heavy atom. The normalized spacial score (nSPS) is 30.8. The molecule has 234 valence electrons. The lowest BCUT2D eigenvalue weighted by Crippen LogP contribution is -2.60. The number of unbranched alkanes of at least 4 members (excludes halogenated alkanes) is 2. The van der Waals surface area contributed by atoms with Gasteiger partial charge in [-0.25, -0.2) is 0 Å². The summed E-state index contributed by atoms with van der Waals surface area (Å²) < 4.78 is 7.12. The molecule has 0 saturated carbocycles. The zero-order chi connectivity index (χ0) is 31.2. The highest BCUT2D eigenvalue weighted by Gasteiger charge is 2.75. The number of hydrogen-bond donors (Lipinski definition) is 1. The molecule has 0 aliphatic carbocycles. The summed E-state index contributed by atoms with van der Waals surface area (Å²) in [5.41, 5.74) is -1.99. The van der Waals surface area contributed by atoms with Gasteiger partial charge in [0.05, 0.1) is 17.4 Å². The first-order valence-corrected chi connectivity index (χ1v) is 16.0. The molecule has 0 aromatic heterocycles. The number of aliphatic hydroxyl groups is 1. The third-order valence-corrected chi connectivity index (χ3v) is 9.76. The molecule has 0 bridgehead atoms. The summed E-state index contributed by atoms with van der Waals surface area (Å²) in [5, 5.41) is 9.36. The predicted octanol–water partition coefficient (Wildman–Crippen LogP) is 4.73. The zero-order valence-electron chi connectivity index (χ0n) is 26.7. The van der Waals surface area contributed by atoms with E-state index >= 15 is 0 Å². The van der Waals surface area contributed by atoms with Crippen LogP contribution in [0.15, 0.2) is 54.6 Å². The summed E-state index contributed by atoms with van der Waals surface area (Å²) in [4.78, 5) is 49.5. The molecule has 1 unspecified atom stereocenters. The molecule has 43 heavy (non-hydrogen) atoms. The number of para-hydroxylation sites is 1. The Labute approximate surface area is 256 Å². The number of amides is 3. The van der Waals surface area contributed by atoms with Gasteiger partial charge in [0.25, 0.3) is 0 Å². The van der Waals surface area contributed by atoms with Gasteiger partial charge < -0.3 is 24.5 Å². The Morgan fingerprint density at radius 1 is 0.884 bits per heavy atom. The first-order valence-electron chi connectivity index (χ1n) is 16.0. The molecule has 5 rings (SSSR count). The van der Waals surface area contributed by atoms with Gasteiger partial charge in [0, 0.05) is 37.5 Å². The fourth-order valence-corrected chi connectivity index (χ4v) is 8.35. The number of anilines is 1. The molecule has 4 heterocycles. The van der Waals surface area contributed by atoms with Gasteiger partial charge in [-0.1, -0.05) is 70.2 Å². The van der Waals surface area contributed by atoms with Crippen molar-refractivity contribution in [3.8, 4) is 0 Å². The van der Waals surface area contributed by atoms with Crippen molar-refractivity contribution in [2.75, 3.05) is 31.1 Å². The number of hydrogen-bond acceptors (Lipinski definition) is 5. The number of likely N-dealkylation sites (tertiary alicyclic amines) is 1. The number of carbonyl (C=O) groups excluding carboxylic acids is 3. The molecule has 8 heteroatoms. The zero-order valence-corrected chi connectivity index (χ0v) is 26.7. The van der Waals surface area contributed by atoms with Crippen molar-refractivity contribution in [1.82, 2.24) is 9.80 Å². The number of rotatable bonds is 9. The van der Waals surface area contributed by atoms with Gasteiger partial charge in [-0.05, 0) is 63.5 Å². The lowest BCUT2D eigenvalue weighted by molar-refractivity contribution is -0.156. The summed E-state index contributed by atoms with van der Waals surface area (Å²) in [7, 11) is 0. The molecule has 1 aromatic carbocycles. The lowest BCUT2D eigenvalue weighted by atomic mass is 9.72. The molecule has 5 atom stereocenters. The van der Waals surface area contributed by atoms with E-state index in [-0.39, 0.29) is 29.7 Å². The Bertz CT molecular complexity index is 1280. The van der Waals surface area contributed by atoms with E-state index in [1.54, 1.807) is 9.80 Å². The Balaban J connectivity index is 1.62. The number of benzene rings is 1. The van der Waals surface area contributed by atoms with Gasteiger partial charge >= 0.3 is 0 Å². The Morgan fingerprint density at radius 2 is 1.58 bits per heavy atom. The number of carbonyl (C=O) groups is 3. The summed E-state index contributed by atoms with van der Waals surface area (Å²) >= 11 is 0. The van der Waals surface area contributed by atoms with Crippen LogP contribution in [0.4, 0.5) is 5.69 Å². The van der Waals surface area contributed by atoms with Crippen molar-refractivity contribution in [2.45, 2.75) is 96.4 Å². The molecule has 8 nitrogen and oxygen atoms in total. The van der Waals surface area contributed by atoms with Crippen LogP contribution in [0.1, 0.15) is 73.6 Å². The first-order chi connectivity index (χ1) is 20.3. The highest BCUT2D eigenvalue weighted by Crippen LogP contribution is 2.59. The van der Waals surface area contributed by atoms with Crippen molar-refractivity contribution in [3.63, 3.8) is 0 Å². The molecule has 0 radical (unpaired) electrons. The van der Waals surface area contributed by atoms with E-state index in [0.29, 0.717) is 38.9 Å². The van der Waals surface area contributed by atoms with E-state index in [1.807, 2.05) is 66.5 Å². The Kier molecular flexibility index (Phi) is 8.42. The molecule has 2 saturated heterocycles. The van der Waals surface area contributed by atoms with Crippen LogP contribution < -0.4 is 4.90 Å². The smallest absolute Gasteiger partial charge is 0.249 e. The molecule has 1 spiro atoms. The van der Waals surface area contributed by atoms with Gasteiger partial charge in [0.1, 0.15) is 11.6 Å². The topological polar surface area (TPSA) is 90.4 Å². The van der Waals surface area contributed by atoms with Crippen LogP contribution in [0.25, 0.3) is 0 Å². The van der Waals surface area contributed by atoms with Crippen LogP contribution in [-0.4, -0.2) is 81.7 Å². The largest absolute Gasteiger partial charge is 0.396 e. The van der Waals surface area contributed by atoms with E-state index in [4.69, 9.17) is 4.74 Å². The summed E-state index contributed by atoms with van der Waals surface area (Å²) in [6, 6.07) is 8.67. The van der Waals surface area contributed by atoms with Crippen LogP contribution in [0, 0.1) is 17.3 Å². The average molecular weight is 592 g/mol. The molecular weight excluding hydrogens is 542 g/mol. The quantitative estimate of drug-likeness (QED) is 0.331. The van der Waals surface area contributed by atoms with Gasteiger partial charge in [0.2, 0.25) is 17.7 Å². The second kappa shape index (κ2) is 11.5. The van der Waals surface area contributed by atoms with Gasteiger partial charge in [-0.15, -0.1) is 0 Å². The predicted molar refractivity (Wildman–Crippen MR) is 167 cm³/mol. The minimum Gasteiger partial charge on any atom is -0.396 e. The monoisotopic (exact) mass is 591 g/mol. The maximum Gasteiger partial charge on any atom is 0.249 e. The molecule has 1 aromatic rings. The molecule has 3 amide bonds. The maximum atomic E-state index is 14.8. The van der Waals surface area contributed by atoms with Crippen molar-refractivity contribution in [3.05, 3.63) is 54.6 Å². The summed E-state index contributed by atoms with van der Waals surface area (Å²) in [6.45, 7) is 14.0. The van der Waals surface area contributed by atoms with Crippen molar-refractivity contribution in [2.24, 2.45) is 17.3 Å². The fourth-order valence-electron chi connectivity index (χ4n) is 8.35. The Hall–Kier alpha value is -2.97. The summed E-state index contributed by atoms with van der Waals surface area (Å²) in [5.74, 6) is -2.08. The van der Waals surface area contributed by atoms with Crippen molar-refractivity contribution >= 4 is 23.4 Å². The second-order valence-electron chi connectivity index (χ2n) is 14.5. The SMILES string of the molecule is CC[C@]12C=CCN(c3ccccc3)C(=O)[C@H]1[C@H]1C(=O)N(CCCCCO)C3C(=O)N(C(C)(C)CC(C)(C)C)CC=C[C@@]31O2. The average Bonchev–Trinajstić information content (AvgIpc) is 3.22. The van der Waals surface area contributed by atoms with Crippen molar-refractivity contribution in [1.29, 1.82) is 0 Å². The maximum absolute atomic E-state index is 14.8. The van der Waals surface area contributed by atoms with Gasteiger partial charge in [-0.3, -0.25) is 14.4 Å². The van der Waals surface area contributed by atoms with Crippen molar-refractivity contribution < 1.29 is 24.2 Å². The van der Waals surface area contributed by atoms with Crippen LogP contribution in [0.3, 0.4) is 0 Å². The first kappa shape index (κ1) is 31.5. The highest BCUT2D eigenvalue weighted by molar-refractivity contribution is 6.04. The van der Waals surface area contributed by atoms with E-state index in [9.17, 15) is 19.5 Å². The van der Waals surface area contributed by atoms with Crippen LogP contribution in [0.5, 0.6) is 0 Å². The van der Waals surface area contributed by atoms with Gasteiger partial charge in [0.15, 0.2) is 0 Å².